The van der Waals surface area contributed by atoms with Crippen molar-refractivity contribution in [2.75, 3.05) is 26.2 Å². The van der Waals surface area contributed by atoms with E-state index in [1.807, 2.05) is 10.3 Å². The third-order valence-corrected chi connectivity index (χ3v) is 5.98. The van der Waals surface area contributed by atoms with Crippen LogP contribution in [0.2, 0.25) is 0 Å². The first kappa shape index (κ1) is 18.4. The standard InChI is InChI=1S/C20H24FN3O2S/c21-19-10-17(26-12-15-13-27-14-22-15)5-6-18(19)20(25)24-9-3-4-16(24)11-23-7-1-2-8-23/h5-6,10,13-14,16H,1-4,7-9,11-12H2/t16-/m0/s1. The number of thiazole rings is 1. The summed E-state index contributed by atoms with van der Waals surface area (Å²) in [7, 11) is 0. The Morgan fingerprint density at radius 1 is 1.26 bits per heavy atom. The Morgan fingerprint density at radius 2 is 2.11 bits per heavy atom. The molecule has 0 saturated carbocycles. The van der Waals surface area contributed by atoms with Gasteiger partial charge in [-0.1, -0.05) is 0 Å². The van der Waals surface area contributed by atoms with Crippen LogP contribution in [-0.2, 0) is 6.61 Å². The monoisotopic (exact) mass is 389 g/mol. The van der Waals surface area contributed by atoms with E-state index in [1.54, 1.807) is 17.6 Å². The highest BCUT2D eigenvalue weighted by Crippen LogP contribution is 2.25. The number of nitrogens with zero attached hydrogens (tertiary/aromatic N) is 3. The predicted molar refractivity (Wildman–Crippen MR) is 103 cm³/mol. The van der Waals surface area contributed by atoms with E-state index in [0.717, 1.165) is 38.2 Å². The lowest BCUT2D eigenvalue weighted by Crippen LogP contribution is -2.42. The van der Waals surface area contributed by atoms with Gasteiger partial charge in [-0.3, -0.25) is 4.79 Å². The molecule has 2 fully saturated rings. The quantitative estimate of drug-likeness (QED) is 0.758. The average Bonchev–Trinajstić information content (AvgIpc) is 3.43. The van der Waals surface area contributed by atoms with E-state index in [4.69, 9.17) is 4.74 Å². The van der Waals surface area contributed by atoms with Crippen LogP contribution in [0.25, 0.3) is 0 Å². The molecule has 1 amide bonds. The van der Waals surface area contributed by atoms with Gasteiger partial charge in [0.25, 0.3) is 5.91 Å². The maximum Gasteiger partial charge on any atom is 0.257 e. The molecule has 0 bridgehead atoms. The molecular formula is C20H24FN3O2S. The highest BCUT2D eigenvalue weighted by molar-refractivity contribution is 7.07. The summed E-state index contributed by atoms with van der Waals surface area (Å²) >= 11 is 1.49. The molecule has 0 unspecified atom stereocenters. The highest BCUT2D eigenvalue weighted by Gasteiger charge is 2.32. The molecule has 3 heterocycles. The van der Waals surface area contributed by atoms with Crippen molar-refractivity contribution in [2.24, 2.45) is 0 Å². The number of hydrogen-bond acceptors (Lipinski definition) is 5. The lowest BCUT2D eigenvalue weighted by atomic mass is 10.1. The highest BCUT2D eigenvalue weighted by atomic mass is 32.1. The minimum absolute atomic E-state index is 0.129. The third kappa shape index (κ3) is 4.30. The van der Waals surface area contributed by atoms with Crippen molar-refractivity contribution in [1.82, 2.24) is 14.8 Å². The smallest absolute Gasteiger partial charge is 0.257 e. The van der Waals surface area contributed by atoms with Crippen LogP contribution in [0.4, 0.5) is 4.39 Å². The summed E-state index contributed by atoms with van der Waals surface area (Å²) in [5.41, 5.74) is 2.67. The molecule has 27 heavy (non-hydrogen) atoms. The van der Waals surface area contributed by atoms with E-state index in [1.165, 1.54) is 30.2 Å². The predicted octanol–water partition coefficient (Wildman–Crippen LogP) is 3.56. The zero-order chi connectivity index (χ0) is 18.6. The molecule has 7 heteroatoms. The first-order valence-electron chi connectivity index (χ1n) is 9.53. The molecule has 5 nitrogen and oxygen atoms in total. The summed E-state index contributed by atoms with van der Waals surface area (Å²) < 4.78 is 20.2. The second kappa shape index (κ2) is 8.35. The van der Waals surface area contributed by atoms with Crippen LogP contribution in [0.3, 0.4) is 0 Å². The normalized spacial score (nSPS) is 20.3. The number of carbonyl (C=O) groups is 1. The molecule has 2 saturated heterocycles. The minimum Gasteiger partial charge on any atom is -0.487 e. The van der Waals surface area contributed by atoms with E-state index in [-0.39, 0.29) is 17.5 Å². The number of hydrogen-bond donors (Lipinski definition) is 0. The first-order valence-corrected chi connectivity index (χ1v) is 10.5. The molecule has 4 rings (SSSR count). The van der Waals surface area contributed by atoms with Crippen molar-refractivity contribution in [2.45, 2.75) is 38.3 Å². The number of halogens is 1. The fourth-order valence-corrected chi connectivity index (χ4v) is 4.48. The number of carbonyl (C=O) groups excluding carboxylic acids is 1. The van der Waals surface area contributed by atoms with Crippen LogP contribution < -0.4 is 4.74 Å². The number of aromatic nitrogens is 1. The Morgan fingerprint density at radius 3 is 2.85 bits per heavy atom. The SMILES string of the molecule is O=C(c1ccc(OCc2cscn2)cc1F)N1CCC[C@H]1CN1CCCC1. The van der Waals surface area contributed by atoms with Crippen molar-refractivity contribution < 1.29 is 13.9 Å². The molecule has 2 aliphatic heterocycles. The maximum atomic E-state index is 14.6. The van der Waals surface area contributed by atoms with Gasteiger partial charge in [0.1, 0.15) is 18.2 Å². The molecular weight excluding hydrogens is 365 g/mol. The zero-order valence-corrected chi connectivity index (χ0v) is 16.1. The Labute approximate surface area is 162 Å². The molecule has 1 aromatic carbocycles. The van der Waals surface area contributed by atoms with Crippen LogP contribution in [0.1, 0.15) is 41.7 Å². The van der Waals surface area contributed by atoms with Gasteiger partial charge in [0.05, 0.1) is 16.8 Å². The molecule has 1 atom stereocenters. The fraction of sp³-hybridized carbons (Fsp3) is 0.500. The summed E-state index contributed by atoms with van der Waals surface area (Å²) in [5.74, 6) is -0.324. The Bertz CT molecular complexity index is 778. The maximum absolute atomic E-state index is 14.6. The number of likely N-dealkylation sites (tertiary alicyclic amines) is 2. The van der Waals surface area contributed by atoms with Gasteiger partial charge in [-0.25, -0.2) is 9.37 Å². The number of amides is 1. The van der Waals surface area contributed by atoms with Gasteiger partial charge in [-0.15, -0.1) is 11.3 Å². The third-order valence-electron chi connectivity index (χ3n) is 5.35. The first-order chi connectivity index (χ1) is 13.2. The molecule has 0 N–H and O–H groups in total. The van der Waals surface area contributed by atoms with Gasteiger partial charge in [0.15, 0.2) is 0 Å². The van der Waals surface area contributed by atoms with Crippen LogP contribution in [0.5, 0.6) is 5.75 Å². The fourth-order valence-electron chi connectivity index (χ4n) is 3.94. The van der Waals surface area contributed by atoms with Gasteiger partial charge in [0.2, 0.25) is 0 Å². The van der Waals surface area contributed by atoms with Crippen molar-refractivity contribution in [3.05, 3.63) is 46.2 Å². The molecule has 144 valence electrons. The van der Waals surface area contributed by atoms with Crippen LogP contribution >= 0.6 is 11.3 Å². The second-order valence-electron chi connectivity index (χ2n) is 7.21. The number of benzene rings is 1. The lowest BCUT2D eigenvalue weighted by Gasteiger charge is -2.28. The van der Waals surface area contributed by atoms with E-state index < -0.39 is 5.82 Å². The van der Waals surface area contributed by atoms with E-state index in [9.17, 15) is 9.18 Å². The zero-order valence-electron chi connectivity index (χ0n) is 15.3. The average molecular weight is 389 g/mol. The minimum atomic E-state index is -0.525. The second-order valence-corrected chi connectivity index (χ2v) is 7.93. The molecule has 2 aromatic rings. The summed E-state index contributed by atoms with van der Waals surface area (Å²) in [5, 5.41) is 1.89. The number of ether oxygens (including phenoxy) is 1. The van der Waals surface area contributed by atoms with Gasteiger partial charge >= 0.3 is 0 Å². The topological polar surface area (TPSA) is 45.7 Å². The molecule has 2 aliphatic rings. The van der Waals surface area contributed by atoms with Crippen molar-refractivity contribution in [3.8, 4) is 5.75 Å². The van der Waals surface area contributed by atoms with Gasteiger partial charge < -0.3 is 14.5 Å². The summed E-state index contributed by atoms with van der Waals surface area (Å²) in [6.07, 6.45) is 4.45. The van der Waals surface area contributed by atoms with Crippen LogP contribution in [-0.4, -0.2) is 52.9 Å². The molecule has 0 spiro atoms. The van der Waals surface area contributed by atoms with Crippen LogP contribution in [0, 0.1) is 5.82 Å². The molecule has 1 aromatic heterocycles. The van der Waals surface area contributed by atoms with E-state index in [2.05, 4.69) is 9.88 Å². The van der Waals surface area contributed by atoms with Gasteiger partial charge in [-0.05, 0) is 50.9 Å². The summed E-state index contributed by atoms with van der Waals surface area (Å²) in [6.45, 7) is 4.12. The van der Waals surface area contributed by atoms with E-state index >= 15 is 0 Å². The Hall–Kier alpha value is -1.99. The van der Waals surface area contributed by atoms with Crippen molar-refractivity contribution in [3.63, 3.8) is 0 Å². The van der Waals surface area contributed by atoms with Crippen molar-refractivity contribution in [1.29, 1.82) is 0 Å². The van der Waals surface area contributed by atoms with Crippen LogP contribution in [0.15, 0.2) is 29.1 Å². The van der Waals surface area contributed by atoms with Gasteiger partial charge in [-0.2, -0.15) is 0 Å². The van der Waals surface area contributed by atoms with E-state index in [0.29, 0.717) is 18.9 Å². The largest absolute Gasteiger partial charge is 0.487 e. The number of rotatable bonds is 6. The van der Waals surface area contributed by atoms with Crippen molar-refractivity contribution >= 4 is 17.2 Å². The lowest BCUT2D eigenvalue weighted by molar-refractivity contribution is 0.0704. The molecule has 0 aliphatic carbocycles. The Kier molecular flexibility index (Phi) is 5.69. The summed E-state index contributed by atoms with van der Waals surface area (Å²) in [6, 6.07) is 4.69. The Balaban J connectivity index is 1.41. The summed E-state index contributed by atoms with van der Waals surface area (Å²) in [4.78, 5) is 21.3. The molecule has 0 radical (unpaired) electrons. The van der Waals surface area contributed by atoms with Gasteiger partial charge in [0, 0.05) is 30.6 Å².